The molecule has 1 amide bonds. The van der Waals surface area contributed by atoms with E-state index in [2.05, 4.69) is 61.7 Å². The first-order valence-corrected chi connectivity index (χ1v) is 15.2. The van der Waals surface area contributed by atoms with Gasteiger partial charge in [0.15, 0.2) is 0 Å². The number of nitrogens with one attached hydrogen (secondary N) is 2. The minimum atomic E-state index is -0.325. The average Bonchev–Trinajstić information content (AvgIpc) is 2.91. The highest BCUT2D eigenvalue weighted by molar-refractivity contribution is 5.83. The number of aryl methyl sites for hydroxylation is 2. The van der Waals surface area contributed by atoms with E-state index in [9.17, 15) is 4.79 Å². The van der Waals surface area contributed by atoms with Crippen LogP contribution in [0.2, 0.25) is 0 Å². The van der Waals surface area contributed by atoms with Gasteiger partial charge >= 0.3 is 0 Å². The number of nitrogen functional groups attached to an aromatic ring is 1. The van der Waals surface area contributed by atoms with Crippen LogP contribution in [-0.4, -0.2) is 19.5 Å². The zero-order valence-electron chi connectivity index (χ0n) is 24.0. The number of nitrogens with two attached hydrogens (primary N) is 1. The molecule has 6 atom stereocenters. The summed E-state index contributed by atoms with van der Waals surface area (Å²) < 4.78 is 0. The zero-order valence-corrected chi connectivity index (χ0v) is 24.0. The molecule has 4 nitrogen and oxygen atoms in total. The predicted octanol–water partition coefficient (Wildman–Crippen LogP) is 6.76. The maximum atomic E-state index is 14.1. The number of carbonyl (C=O) groups is 1. The van der Waals surface area contributed by atoms with Gasteiger partial charge in [0.1, 0.15) is 0 Å². The van der Waals surface area contributed by atoms with Crippen molar-refractivity contribution < 1.29 is 4.79 Å². The van der Waals surface area contributed by atoms with Crippen molar-refractivity contribution in [1.82, 2.24) is 5.32 Å². The molecule has 2 fully saturated rings. The van der Waals surface area contributed by atoms with Crippen molar-refractivity contribution in [3.05, 3.63) is 58.7 Å². The van der Waals surface area contributed by atoms with Gasteiger partial charge in [-0.15, -0.1) is 0 Å². The number of hydrogen-bond acceptors (Lipinski definition) is 3. The summed E-state index contributed by atoms with van der Waals surface area (Å²) >= 11 is 0. The summed E-state index contributed by atoms with van der Waals surface area (Å²) in [5, 5.41) is 6.92. The Kier molecular flexibility index (Phi) is 6.31. The SMILES string of the molecule is CNc1ccc2c(c1)C1(C)CCCC(CNC(=O)[C@@]3(C)CCCC4(C)c5cc(N)ccc5CCC43)C1CC2. The van der Waals surface area contributed by atoms with Gasteiger partial charge in [-0.25, -0.2) is 0 Å². The molecule has 4 aliphatic rings. The fourth-order valence-electron chi connectivity index (χ4n) is 9.74. The Bertz CT molecular complexity index is 1240. The van der Waals surface area contributed by atoms with Crippen LogP contribution in [0.4, 0.5) is 11.4 Å². The quantitative estimate of drug-likeness (QED) is 0.396. The van der Waals surface area contributed by atoms with Crippen LogP contribution in [0.5, 0.6) is 0 Å². The van der Waals surface area contributed by atoms with Crippen LogP contribution in [0.25, 0.3) is 0 Å². The third kappa shape index (κ3) is 3.88. The molecule has 6 rings (SSSR count). The van der Waals surface area contributed by atoms with Crippen molar-refractivity contribution in [2.24, 2.45) is 23.2 Å². The van der Waals surface area contributed by atoms with Gasteiger partial charge in [0, 0.05) is 25.0 Å². The van der Waals surface area contributed by atoms with Gasteiger partial charge in [0.05, 0.1) is 5.41 Å². The summed E-state index contributed by atoms with van der Waals surface area (Å²) in [4.78, 5) is 14.1. The second kappa shape index (κ2) is 9.31. The number of carbonyl (C=O) groups excluding carboxylic acids is 1. The molecular formula is C34H47N3O. The molecule has 2 saturated carbocycles. The molecule has 4 N–H and O–H groups in total. The van der Waals surface area contributed by atoms with Crippen molar-refractivity contribution in [3.8, 4) is 0 Å². The molecule has 0 aromatic heterocycles. The van der Waals surface area contributed by atoms with Gasteiger partial charge in [0.25, 0.3) is 0 Å². The summed E-state index contributed by atoms with van der Waals surface area (Å²) in [5.74, 6) is 1.83. The first-order chi connectivity index (χ1) is 18.2. The largest absolute Gasteiger partial charge is 0.399 e. The fraction of sp³-hybridized carbons (Fsp3) is 0.618. The van der Waals surface area contributed by atoms with Crippen LogP contribution in [0.15, 0.2) is 36.4 Å². The monoisotopic (exact) mass is 513 g/mol. The number of benzene rings is 2. The second-order valence-corrected chi connectivity index (χ2v) is 13.7. The van der Waals surface area contributed by atoms with E-state index in [1.807, 2.05) is 13.1 Å². The molecule has 0 radical (unpaired) electrons. The van der Waals surface area contributed by atoms with Crippen LogP contribution < -0.4 is 16.4 Å². The highest BCUT2D eigenvalue weighted by Crippen LogP contribution is 2.58. The maximum Gasteiger partial charge on any atom is 0.226 e. The lowest BCUT2D eigenvalue weighted by atomic mass is 9.49. The first kappa shape index (κ1) is 25.8. The van der Waals surface area contributed by atoms with Gasteiger partial charge < -0.3 is 16.4 Å². The molecule has 2 aromatic carbocycles. The Morgan fingerprint density at radius 3 is 2.39 bits per heavy atom. The van der Waals surface area contributed by atoms with E-state index in [1.165, 1.54) is 48.1 Å². The fourth-order valence-corrected chi connectivity index (χ4v) is 9.74. The van der Waals surface area contributed by atoms with Gasteiger partial charge in [-0.3, -0.25) is 4.79 Å². The summed E-state index contributed by atoms with van der Waals surface area (Å²) in [5.41, 5.74) is 14.1. The van der Waals surface area contributed by atoms with Crippen LogP contribution in [-0.2, 0) is 28.5 Å². The Morgan fingerprint density at radius 2 is 1.61 bits per heavy atom. The van der Waals surface area contributed by atoms with Crippen LogP contribution >= 0.6 is 0 Å². The summed E-state index contributed by atoms with van der Waals surface area (Å²) in [7, 11) is 2.01. The Hall–Kier alpha value is -2.49. The Morgan fingerprint density at radius 1 is 0.895 bits per heavy atom. The second-order valence-electron chi connectivity index (χ2n) is 13.7. The van der Waals surface area contributed by atoms with Crippen molar-refractivity contribution in [1.29, 1.82) is 0 Å². The van der Waals surface area contributed by atoms with Crippen molar-refractivity contribution in [2.45, 2.75) is 95.8 Å². The van der Waals surface area contributed by atoms with Gasteiger partial charge in [-0.05, 0) is 126 Å². The minimum absolute atomic E-state index is 0.0226. The lowest BCUT2D eigenvalue weighted by Gasteiger charge is -2.55. The average molecular weight is 514 g/mol. The van der Waals surface area contributed by atoms with Gasteiger partial charge in [-0.1, -0.05) is 45.7 Å². The van der Waals surface area contributed by atoms with E-state index < -0.39 is 0 Å². The topological polar surface area (TPSA) is 67.1 Å². The van der Waals surface area contributed by atoms with E-state index in [0.717, 1.165) is 50.8 Å². The lowest BCUT2D eigenvalue weighted by Crippen LogP contribution is -2.56. The van der Waals surface area contributed by atoms with E-state index in [-0.39, 0.29) is 16.2 Å². The van der Waals surface area contributed by atoms with Crippen LogP contribution in [0, 0.1) is 23.2 Å². The summed E-state index contributed by atoms with van der Waals surface area (Å²) in [6, 6.07) is 13.4. The Labute approximate surface area is 229 Å². The minimum Gasteiger partial charge on any atom is -0.399 e. The van der Waals surface area contributed by atoms with Gasteiger partial charge in [0.2, 0.25) is 5.91 Å². The molecule has 4 heteroatoms. The summed E-state index contributed by atoms with van der Waals surface area (Å²) in [6.07, 6.45) is 11.5. The summed E-state index contributed by atoms with van der Waals surface area (Å²) in [6.45, 7) is 8.00. The van der Waals surface area contributed by atoms with Crippen molar-refractivity contribution in [3.63, 3.8) is 0 Å². The van der Waals surface area contributed by atoms with E-state index in [0.29, 0.717) is 23.7 Å². The third-order valence-electron chi connectivity index (χ3n) is 11.8. The zero-order chi connectivity index (χ0) is 26.7. The smallest absolute Gasteiger partial charge is 0.226 e. The molecule has 0 spiro atoms. The molecule has 204 valence electrons. The molecule has 0 aliphatic heterocycles. The first-order valence-electron chi connectivity index (χ1n) is 15.2. The van der Waals surface area contributed by atoms with Crippen LogP contribution in [0.3, 0.4) is 0 Å². The predicted molar refractivity (Wildman–Crippen MR) is 157 cm³/mol. The number of amides is 1. The molecule has 5 unspecified atom stereocenters. The molecule has 38 heavy (non-hydrogen) atoms. The van der Waals surface area contributed by atoms with E-state index >= 15 is 0 Å². The standard InChI is InChI=1S/C34H47N3O/c1-32-16-5-7-24(27(32)14-10-23-9-13-26(36-4)20-29(23)32)21-37-31(38)34(3)18-6-17-33(2)28-19-25(35)12-8-22(28)11-15-30(33)34/h8-9,12-13,19-20,24,27,30,36H,5-7,10-11,14-18,21,35H2,1-4H3,(H,37,38)/t24?,27?,30?,32?,33?,34-/m0/s1. The lowest BCUT2D eigenvalue weighted by molar-refractivity contribution is -0.139. The van der Waals surface area contributed by atoms with E-state index in [4.69, 9.17) is 5.73 Å². The normalized spacial score (nSPS) is 35.7. The third-order valence-corrected chi connectivity index (χ3v) is 11.8. The molecule has 0 saturated heterocycles. The maximum absolute atomic E-state index is 14.1. The van der Waals surface area contributed by atoms with Crippen LogP contribution in [0.1, 0.15) is 94.4 Å². The Balaban J connectivity index is 1.21. The number of anilines is 2. The van der Waals surface area contributed by atoms with Crippen molar-refractivity contribution >= 4 is 17.3 Å². The highest BCUT2D eigenvalue weighted by atomic mass is 16.2. The number of fused-ring (bicyclic) bond motifs is 6. The molecule has 0 bridgehead atoms. The van der Waals surface area contributed by atoms with Gasteiger partial charge in [-0.2, -0.15) is 0 Å². The molecule has 2 aromatic rings. The molecule has 4 aliphatic carbocycles. The number of rotatable bonds is 4. The van der Waals surface area contributed by atoms with Crippen molar-refractivity contribution in [2.75, 3.05) is 24.6 Å². The van der Waals surface area contributed by atoms with E-state index in [1.54, 1.807) is 5.56 Å². The molecular weight excluding hydrogens is 466 g/mol. The number of hydrogen-bond donors (Lipinski definition) is 3. The highest BCUT2D eigenvalue weighted by Gasteiger charge is 2.55. The molecule has 0 heterocycles.